The Balaban J connectivity index is 1.58. The SMILES string of the molecule is CCC(C)C(Nc1ccc2c(cc1=O)C(NC(C)=O)CCc1cc(OC)c(OC)c(OC)c1-2)C(=O)Nc1ccc2c(c1)OCCO2. The predicted octanol–water partition coefficient (Wildman–Crippen LogP) is 5.10. The number of hydrogen-bond donors (Lipinski definition) is 3. The summed E-state index contributed by atoms with van der Waals surface area (Å²) in [6.07, 6.45) is 1.81. The van der Waals surface area contributed by atoms with Crippen LogP contribution < -0.4 is 45.1 Å². The van der Waals surface area contributed by atoms with Crippen molar-refractivity contribution in [2.24, 2.45) is 5.92 Å². The van der Waals surface area contributed by atoms with Crippen molar-refractivity contribution in [1.29, 1.82) is 0 Å². The van der Waals surface area contributed by atoms with Crippen molar-refractivity contribution in [3.63, 3.8) is 0 Å². The molecule has 1 aliphatic carbocycles. The van der Waals surface area contributed by atoms with Gasteiger partial charge in [0.2, 0.25) is 23.0 Å². The van der Waals surface area contributed by atoms with Crippen molar-refractivity contribution in [3.8, 4) is 39.9 Å². The maximum absolute atomic E-state index is 13.9. The molecule has 3 aromatic carbocycles. The summed E-state index contributed by atoms with van der Waals surface area (Å²) in [6, 6.07) is 11.0. The van der Waals surface area contributed by atoms with E-state index in [1.165, 1.54) is 20.1 Å². The van der Waals surface area contributed by atoms with Gasteiger partial charge in [0.15, 0.2) is 23.0 Å². The highest BCUT2D eigenvalue weighted by molar-refractivity contribution is 5.97. The van der Waals surface area contributed by atoms with Gasteiger partial charge in [-0.3, -0.25) is 14.4 Å². The first kappa shape index (κ1) is 32.5. The third-order valence-electron chi connectivity index (χ3n) is 8.53. The number of carbonyl (C=O) groups excluding carboxylic acids is 2. The van der Waals surface area contributed by atoms with Crippen LogP contribution in [0.3, 0.4) is 0 Å². The van der Waals surface area contributed by atoms with E-state index in [0.717, 1.165) is 11.1 Å². The van der Waals surface area contributed by atoms with E-state index in [9.17, 15) is 14.4 Å². The van der Waals surface area contributed by atoms with E-state index in [-0.39, 0.29) is 28.8 Å². The quantitative estimate of drug-likeness (QED) is 0.280. The van der Waals surface area contributed by atoms with E-state index in [2.05, 4.69) is 16.0 Å². The van der Waals surface area contributed by atoms with Gasteiger partial charge in [-0.05, 0) is 65.8 Å². The Morgan fingerprint density at radius 1 is 0.957 bits per heavy atom. The minimum Gasteiger partial charge on any atom is -0.493 e. The summed E-state index contributed by atoms with van der Waals surface area (Å²) in [4.78, 5) is 39.9. The Kier molecular flexibility index (Phi) is 9.89. The Morgan fingerprint density at radius 3 is 2.37 bits per heavy atom. The van der Waals surface area contributed by atoms with Gasteiger partial charge in [-0.2, -0.15) is 0 Å². The lowest BCUT2D eigenvalue weighted by Crippen LogP contribution is -2.40. The zero-order chi connectivity index (χ0) is 33.0. The van der Waals surface area contributed by atoms with E-state index in [0.29, 0.717) is 78.0 Å². The van der Waals surface area contributed by atoms with Gasteiger partial charge in [-0.25, -0.2) is 0 Å². The Bertz CT molecular complexity index is 1690. The summed E-state index contributed by atoms with van der Waals surface area (Å²) >= 11 is 0. The first-order chi connectivity index (χ1) is 22.2. The molecule has 0 saturated heterocycles. The number of rotatable bonds is 10. The van der Waals surface area contributed by atoms with E-state index < -0.39 is 12.1 Å². The molecule has 0 saturated carbocycles. The number of amides is 2. The number of anilines is 2. The Morgan fingerprint density at radius 2 is 1.70 bits per heavy atom. The van der Waals surface area contributed by atoms with E-state index in [1.807, 2.05) is 26.0 Å². The fraction of sp³-hybridized carbons (Fsp3) is 0.400. The molecule has 0 aromatic heterocycles. The molecule has 2 amide bonds. The van der Waals surface area contributed by atoms with Crippen LogP contribution in [0.15, 0.2) is 47.3 Å². The van der Waals surface area contributed by atoms with Crippen LogP contribution in [0.4, 0.5) is 11.4 Å². The first-order valence-corrected chi connectivity index (χ1v) is 15.4. The molecule has 5 rings (SSSR count). The molecule has 0 radical (unpaired) electrons. The number of aryl methyl sites for hydroxylation is 1. The fourth-order valence-corrected chi connectivity index (χ4v) is 6.04. The number of hydrogen-bond acceptors (Lipinski definition) is 9. The molecule has 0 bridgehead atoms. The normalized spacial score (nSPS) is 16.0. The highest BCUT2D eigenvalue weighted by atomic mass is 16.6. The van der Waals surface area contributed by atoms with Gasteiger partial charge in [-0.1, -0.05) is 26.3 Å². The van der Waals surface area contributed by atoms with Crippen molar-refractivity contribution >= 4 is 23.2 Å². The number of ether oxygens (including phenoxy) is 5. The maximum Gasteiger partial charge on any atom is 0.247 e. The molecule has 0 spiro atoms. The topological polar surface area (TPSA) is 133 Å². The smallest absolute Gasteiger partial charge is 0.247 e. The maximum atomic E-state index is 13.9. The van der Waals surface area contributed by atoms with Crippen LogP contribution >= 0.6 is 0 Å². The lowest BCUT2D eigenvalue weighted by atomic mass is 9.95. The summed E-state index contributed by atoms with van der Waals surface area (Å²) in [6.45, 7) is 6.31. The third kappa shape index (κ3) is 6.54. The van der Waals surface area contributed by atoms with Gasteiger partial charge < -0.3 is 39.6 Å². The number of methoxy groups -OCH3 is 3. The minimum atomic E-state index is -0.731. The minimum absolute atomic E-state index is 0.121. The molecule has 3 atom stereocenters. The van der Waals surface area contributed by atoms with Crippen LogP contribution in [0.5, 0.6) is 28.7 Å². The number of benzene rings is 2. The number of nitrogens with one attached hydrogen (secondary N) is 3. The lowest BCUT2D eigenvalue weighted by Gasteiger charge is -2.24. The molecule has 11 heteroatoms. The second kappa shape index (κ2) is 14.0. The molecule has 244 valence electrons. The van der Waals surface area contributed by atoms with E-state index in [1.54, 1.807) is 38.5 Å². The van der Waals surface area contributed by atoms with Gasteiger partial charge in [0.25, 0.3) is 0 Å². The molecule has 0 fully saturated rings. The van der Waals surface area contributed by atoms with Gasteiger partial charge in [-0.15, -0.1) is 0 Å². The highest BCUT2D eigenvalue weighted by Crippen LogP contribution is 2.50. The molecule has 3 aromatic rings. The monoisotopic (exact) mass is 631 g/mol. The Hall–Kier alpha value is -4.93. The van der Waals surface area contributed by atoms with Gasteiger partial charge >= 0.3 is 0 Å². The zero-order valence-corrected chi connectivity index (χ0v) is 27.1. The number of fused-ring (bicyclic) bond motifs is 4. The van der Waals surface area contributed by atoms with Gasteiger partial charge in [0.05, 0.1) is 33.1 Å². The largest absolute Gasteiger partial charge is 0.493 e. The molecular formula is C35H41N3O8. The van der Waals surface area contributed by atoms with Crippen molar-refractivity contribution in [3.05, 3.63) is 63.8 Å². The molecule has 1 aliphatic heterocycles. The van der Waals surface area contributed by atoms with Crippen LogP contribution in [0.25, 0.3) is 11.1 Å². The summed E-state index contributed by atoms with van der Waals surface area (Å²) in [5, 5.41) is 9.23. The summed E-state index contributed by atoms with van der Waals surface area (Å²) in [5.74, 6) is 1.97. The van der Waals surface area contributed by atoms with Crippen LogP contribution in [-0.4, -0.2) is 52.4 Å². The zero-order valence-electron chi connectivity index (χ0n) is 27.1. The van der Waals surface area contributed by atoms with Gasteiger partial charge in [0, 0.05) is 24.2 Å². The second-order valence-corrected chi connectivity index (χ2v) is 11.5. The van der Waals surface area contributed by atoms with Crippen molar-refractivity contribution in [1.82, 2.24) is 5.32 Å². The average molecular weight is 632 g/mol. The summed E-state index contributed by atoms with van der Waals surface area (Å²) in [7, 11) is 4.66. The Labute approximate surface area is 268 Å². The standard InChI is InChI=1S/C35H41N3O8/c1-7-19(2)32(35(41)37-22-9-13-28-29(17-22)46-15-14-45-28)38-26-12-10-23-24(18-27(26)40)25(36-20(3)39)11-8-21-16-30(42-4)33(43-5)34(44-6)31(21)23/h9-10,12-13,16-19,25,32H,7-8,11,14-15H2,1-6H3,(H,36,39)(H,37,41)(H,38,40). The highest BCUT2D eigenvalue weighted by Gasteiger charge is 2.30. The van der Waals surface area contributed by atoms with E-state index >= 15 is 0 Å². The van der Waals surface area contributed by atoms with Crippen molar-refractivity contribution in [2.75, 3.05) is 45.2 Å². The summed E-state index contributed by atoms with van der Waals surface area (Å²) in [5.41, 5.74) is 3.50. The molecule has 2 aliphatic rings. The van der Waals surface area contributed by atoms with E-state index in [4.69, 9.17) is 23.7 Å². The third-order valence-corrected chi connectivity index (χ3v) is 8.53. The molecule has 46 heavy (non-hydrogen) atoms. The lowest BCUT2D eigenvalue weighted by molar-refractivity contribution is -0.120. The summed E-state index contributed by atoms with van der Waals surface area (Å²) < 4.78 is 28.4. The first-order valence-electron chi connectivity index (χ1n) is 15.4. The van der Waals surface area contributed by atoms with Crippen LogP contribution in [-0.2, 0) is 16.0 Å². The van der Waals surface area contributed by atoms with Gasteiger partial charge in [0.1, 0.15) is 19.3 Å². The van der Waals surface area contributed by atoms with Crippen LogP contribution in [0.2, 0.25) is 0 Å². The fourth-order valence-electron chi connectivity index (χ4n) is 6.04. The average Bonchev–Trinajstić information content (AvgIpc) is 3.30. The molecular weight excluding hydrogens is 590 g/mol. The molecule has 11 nitrogen and oxygen atoms in total. The predicted molar refractivity (Wildman–Crippen MR) is 176 cm³/mol. The molecule has 1 heterocycles. The molecule has 3 unspecified atom stereocenters. The van der Waals surface area contributed by atoms with Crippen LogP contribution in [0, 0.1) is 5.92 Å². The number of carbonyl (C=O) groups is 2. The second-order valence-electron chi connectivity index (χ2n) is 11.5. The van der Waals surface area contributed by atoms with Crippen LogP contribution in [0.1, 0.15) is 50.8 Å². The molecule has 3 N–H and O–H groups in total. The van der Waals surface area contributed by atoms with Crippen molar-refractivity contribution in [2.45, 2.75) is 52.1 Å². The van der Waals surface area contributed by atoms with Crippen molar-refractivity contribution < 1.29 is 33.3 Å².